The van der Waals surface area contributed by atoms with E-state index in [0.717, 1.165) is 17.1 Å². The predicted molar refractivity (Wildman–Crippen MR) is 267 cm³/mol. The molecule has 1 spiro atoms. The van der Waals surface area contributed by atoms with Crippen molar-refractivity contribution >= 4 is 48.6 Å². The highest BCUT2D eigenvalue weighted by Crippen LogP contribution is 2.63. The molecule has 2 aliphatic carbocycles. The number of anilines is 3. The Morgan fingerprint density at radius 1 is 0.302 bits per heavy atom. The largest absolute Gasteiger partial charge is 0.310 e. The van der Waals surface area contributed by atoms with Gasteiger partial charge in [0.05, 0.1) is 11.1 Å². The van der Waals surface area contributed by atoms with Crippen LogP contribution in [-0.4, -0.2) is 0 Å². The van der Waals surface area contributed by atoms with E-state index in [-0.39, 0.29) is 0 Å². The van der Waals surface area contributed by atoms with E-state index in [1.165, 1.54) is 98.1 Å². The summed E-state index contributed by atoms with van der Waals surface area (Å²) in [6.07, 6.45) is 0. The first-order valence-corrected chi connectivity index (χ1v) is 22.6. The molecule has 10 aromatic carbocycles. The molecule has 294 valence electrons. The monoisotopic (exact) mass is 817 g/mol. The summed E-state index contributed by atoms with van der Waals surface area (Å²) in [6.45, 7) is 0. The van der Waals surface area contributed by atoms with Crippen molar-refractivity contribution in [3.63, 3.8) is 0 Å². The summed E-state index contributed by atoms with van der Waals surface area (Å²) in [5, 5.41) is 2.63. The fourth-order valence-corrected chi connectivity index (χ4v) is 12.1. The number of nitrogens with zero attached hydrogens (tertiary/aromatic N) is 1. The summed E-state index contributed by atoms with van der Waals surface area (Å²) < 4.78 is 2.65. The summed E-state index contributed by atoms with van der Waals surface area (Å²) >= 11 is 1.88. The lowest BCUT2D eigenvalue weighted by Gasteiger charge is -2.32. The Hall–Kier alpha value is -7.78. The summed E-state index contributed by atoms with van der Waals surface area (Å²) in [4.78, 5) is 2.48. The SMILES string of the molecule is c1ccc(-c2cccc(-c3ccccc3N(c3ccc(-c4cccc5c4sc4ccccc45)cc3)c3ccc4c(c3)C3(c5ccccc5-c5ccccc53)c3ccccc3-4)c2)cc1. The normalized spacial score (nSPS) is 12.9. The van der Waals surface area contributed by atoms with Crippen molar-refractivity contribution < 1.29 is 0 Å². The number of benzene rings is 10. The zero-order valence-electron chi connectivity index (χ0n) is 34.4. The van der Waals surface area contributed by atoms with Crippen LogP contribution in [0.25, 0.3) is 75.8 Å². The van der Waals surface area contributed by atoms with E-state index in [4.69, 9.17) is 0 Å². The fraction of sp³-hybridized carbons (Fsp3) is 0.0164. The van der Waals surface area contributed by atoms with E-state index in [0.29, 0.717) is 0 Å². The molecule has 2 heteroatoms. The summed E-state index contributed by atoms with van der Waals surface area (Å²) in [5.74, 6) is 0. The maximum absolute atomic E-state index is 2.50. The lowest BCUT2D eigenvalue weighted by Crippen LogP contribution is -2.26. The second-order valence-electron chi connectivity index (χ2n) is 16.7. The summed E-state index contributed by atoms with van der Waals surface area (Å²) in [7, 11) is 0. The van der Waals surface area contributed by atoms with Crippen molar-refractivity contribution in [1.82, 2.24) is 0 Å². The van der Waals surface area contributed by atoms with Crippen LogP contribution in [-0.2, 0) is 5.41 Å². The zero-order valence-corrected chi connectivity index (χ0v) is 35.2. The minimum Gasteiger partial charge on any atom is -0.310 e. The van der Waals surface area contributed by atoms with Gasteiger partial charge in [0, 0.05) is 37.1 Å². The highest BCUT2D eigenvalue weighted by molar-refractivity contribution is 7.26. The molecule has 0 saturated carbocycles. The average Bonchev–Trinajstić information content (AvgIpc) is 3.99. The minimum atomic E-state index is -0.447. The van der Waals surface area contributed by atoms with Crippen molar-refractivity contribution in [3.8, 4) is 55.6 Å². The van der Waals surface area contributed by atoms with Crippen LogP contribution in [0.1, 0.15) is 22.3 Å². The van der Waals surface area contributed by atoms with Gasteiger partial charge in [-0.15, -0.1) is 11.3 Å². The molecule has 11 aromatic rings. The molecule has 0 unspecified atom stereocenters. The molecule has 0 aliphatic heterocycles. The number of hydrogen-bond acceptors (Lipinski definition) is 2. The molecule has 1 aromatic heterocycles. The molecule has 63 heavy (non-hydrogen) atoms. The molecule has 0 atom stereocenters. The molecule has 0 bridgehead atoms. The molecule has 0 N–H and O–H groups in total. The third-order valence-electron chi connectivity index (χ3n) is 13.5. The molecule has 1 nitrogen and oxygen atoms in total. The Kier molecular flexibility index (Phi) is 8.06. The van der Waals surface area contributed by atoms with Crippen molar-refractivity contribution in [2.75, 3.05) is 4.90 Å². The Morgan fingerprint density at radius 2 is 0.825 bits per heavy atom. The Morgan fingerprint density at radius 3 is 1.56 bits per heavy atom. The van der Waals surface area contributed by atoms with Crippen LogP contribution < -0.4 is 4.90 Å². The Balaban J connectivity index is 1.03. The van der Waals surface area contributed by atoms with E-state index in [2.05, 4.69) is 241 Å². The number of fused-ring (bicyclic) bond motifs is 13. The van der Waals surface area contributed by atoms with Gasteiger partial charge in [-0.3, -0.25) is 0 Å². The molecule has 0 saturated heterocycles. The van der Waals surface area contributed by atoms with E-state index in [1.807, 2.05) is 11.3 Å². The quantitative estimate of drug-likeness (QED) is 0.162. The van der Waals surface area contributed by atoms with Crippen molar-refractivity contribution in [2.45, 2.75) is 5.41 Å². The number of para-hydroxylation sites is 1. The van der Waals surface area contributed by atoms with Crippen LogP contribution in [0.15, 0.2) is 237 Å². The van der Waals surface area contributed by atoms with Crippen molar-refractivity contribution in [1.29, 1.82) is 0 Å². The van der Waals surface area contributed by atoms with Gasteiger partial charge in [0.1, 0.15) is 0 Å². The summed E-state index contributed by atoms with van der Waals surface area (Å²) in [6, 6.07) is 87.7. The smallest absolute Gasteiger partial charge is 0.0726 e. The van der Waals surface area contributed by atoms with Crippen LogP contribution in [0.2, 0.25) is 0 Å². The molecular weight excluding hydrogens is 779 g/mol. The molecule has 1 heterocycles. The Labute approximate surface area is 371 Å². The van der Waals surface area contributed by atoms with Crippen molar-refractivity contribution in [2.24, 2.45) is 0 Å². The maximum Gasteiger partial charge on any atom is 0.0726 e. The minimum absolute atomic E-state index is 0.447. The first-order chi connectivity index (χ1) is 31.3. The van der Waals surface area contributed by atoms with E-state index in [9.17, 15) is 0 Å². The number of rotatable bonds is 6. The van der Waals surface area contributed by atoms with Crippen LogP contribution in [0.3, 0.4) is 0 Å². The lowest BCUT2D eigenvalue weighted by atomic mass is 9.70. The van der Waals surface area contributed by atoms with Crippen LogP contribution in [0.5, 0.6) is 0 Å². The Bertz CT molecular complexity index is 3510. The van der Waals surface area contributed by atoms with Gasteiger partial charge >= 0.3 is 0 Å². The van der Waals surface area contributed by atoms with Gasteiger partial charge in [-0.25, -0.2) is 0 Å². The molecule has 13 rings (SSSR count). The predicted octanol–water partition coefficient (Wildman–Crippen LogP) is 16.9. The van der Waals surface area contributed by atoms with Gasteiger partial charge in [0.25, 0.3) is 0 Å². The highest BCUT2D eigenvalue weighted by Gasteiger charge is 2.51. The standard InChI is InChI=1S/C61H39NS/c1-2-16-40(17-3-1)42-18-14-19-43(38-42)46-20-7-12-30-58(46)62(44-34-32-41(33-35-44)47-25-15-26-53-52-24-8-13-31-59(52)63-60(47)53)45-36-37-51-50-23-6-11-29-56(50)61(57(51)39-45)54-27-9-4-21-48(54)49-22-5-10-28-55(49)61/h1-39H. The van der Waals surface area contributed by atoms with Gasteiger partial charge in [0.2, 0.25) is 0 Å². The average molecular weight is 818 g/mol. The van der Waals surface area contributed by atoms with Gasteiger partial charge in [-0.2, -0.15) is 0 Å². The molecule has 2 aliphatic rings. The van der Waals surface area contributed by atoms with E-state index >= 15 is 0 Å². The summed E-state index contributed by atoms with van der Waals surface area (Å²) in [5.41, 5.74) is 20.7. The lowest BCUT2D eigenvalue weighted by molar-refractivity contribution is 0.793. The van der Waals surface area contributed by atoms with Crippen LogP contribution >= 0.6 is 11.3 Å². The third kappa shape index (κ3) is 5.35. The van der Waals surface area contributed by atoms with Crippen LogP contribution in [0.4, 0.5) is 17.1 Å². The van der Waals surface area contributed by atoms with Crippen molar-refractivity contribution in [3.05, 3.63) is 259 Å². The second-order valence-corrected chi connectivity index (χ2v) is 17.8. The van der Waals surface area contributed by atoms with Gasteiger partial charge < -0.3 is 4.90 Å². The molecule has 0 amide bonds. The molecule has 0 radical (unpaired) electrons. The first-order valence-electron chi connectivity index (χ1n) is 21.8. The van der Waals surface area contributed by atoms with E-state index < -0.39 is 5.41 Å². The molecular formula is C61H39NS. The van der Waals surface area contributed by atoms with Gasteiger partial charge in [-0.05, 0) is 115 Å². The fourth-order valence-electron chi connectivity index (χ4n) is 10.8. The number of thiophene rings is 1. The van der Waals surface area contributed by atoms with Crippen LogP contribution in [0, 0.1) is 0 Å². The maximum atomic E-state index is 2.50. The molecule has 0 fully saturated rings. The second kappa shape index (κ2) is 14.1. The zero-order chi connectivity index (χ0) is 41.5. The third-order valence-corrected chi connectivity index (χ3v) is 14.7. The topological polar surface area (TPSA) is 3.24 Å². The van der Waals surface area contributed by atoms with Gasteiger partial charge in [-0.1, -0.05) is 194 Å². The highest BCUT2D eigenvalue weighted by atomic mass is 32.1. The number of hydrogen-bond donors (Lipinski definition) is 0. The first kappa shape index (κ1) is 35.9. The van der Waals surface area contributed by atoms with E-state index in [1.54, 1.807) is 0 Å². The van der Waals surface area contributed by atoms with Gasteiger partial charge in [0.15, 0.2) is 0 Å².